The number of aliphatic imine (C=N–C) groups is 1. The first-order valence-corrected chi connectivity index (χ1v) is 13.2. The Balaban J connectivity index is 0.00000316. The van der Waals surface area contributed by atoms with E-state index in [-0.39, 0.29) is 25.0 Å². The average Bonchev–Trinajstić information content (AvgIpc) is 2.89. The Morgan fingerprint density at radius 3 is 2.61 bits per heavy atom. The number of carbonyl (C=O) groups excluding carboxylic acids is 3. The molecule has 0 bridgehead atoms. The van der Waals surface area contributed by atoms with Crippen LogP contribution in [0.3, 0.4) is 0 Å². The average molecular weight is 518 g/mol. The van der Waals surface area contributed by atoms with Crippen molar-refractivity contribution in [3.8, 4) is 0 Å². The van der Waals surface area contributed by atoms with Gasteiger partial charge in [0.1, 0.15) is 12.3 Å². The summed E-state index contributed by atoms with van der Waals surface area (Å²) in [6.45, 7) is 7.94. The van der Waals surface area contributed by atoms with Gasteiger partial charge in [0.05, 0.1) is 6.04 Å². The predicted octanol–water partition coefficient (Wildman–Crippen LogP) is 2.34. The summed E-state index contributed by atoms with van der Waals surface area (Å²) >= 11 is 1.24. The number of benzene rings is 1. The van der Waals surface area contributed by atoms with Crippen molar-refractivity contribution in [2.24, 2.45) is 4.99 Å². The van der Waals surface area contributed by atoms with Crippen molar-refractivity contribution >= 4 is 41.2 Å². The summed E-state index contributed by atoms with van der Waals surface area (Å²) in [6.07, 6.45) is 6.29. The molecule has 0 saturated heterocycles. The first-order chi connectivity index (χ1) is 17.4. The first kappa shape index (κ1) is 30.9. The largest absolute Gasteiger partial charge is 0.466 e. The van der Waals surface area contributed by atoms with Gasteiger partial charge < -0.3 is 25.6 Å². The van der Waals surface area contributed by atoms with Crippen LogP contribution in [0.4, 0.5) is 0 Å². The number of hydrogen-bond acceptors (Lipinski definition) is 8. The van der Waals surface area contributed by atoms with Gasteiger partial charge in [0.2, 0.25) is 0 Å². The number of amides is 2. The van der Waals surface area contributed by atoms with Crippen LogP contribution in [0.15, 0.2) is 46.7 Å². The maximum atomic E-state index is 12.8. The van der Waals surface area contributed by atoms with Gasteiger partial charge in [0.15, 0.2) is 5.04 Å². The molecule has 0 unspecified atom stereocenters. The third kappa shape index (κ3) is 11.1. The minimum Gasteiger partial charge on any atom is -0.466 e. The van der Waals surface area contributed by atoms with Gasteiger partial charge in [-0.25, -0.2) is 4.99 Å². The molecule has 0 radical (unpaired) electrons. The minimum atomic E-state index is -0.623. The van der Waals surface area contributed by atoms with E-state index in [0.717, 1.165) is 36.3 Å². The van der Waals surface area contributed by atoms with E-state index in [9.17, 15) is 14.4 Å². The predicted molar refractivity (Wildman–Crippen MR) is 148 cm³/mol. The van der Waals surface area contributed by atoms with Gasteiger partial charge in [-0.05, 0) is 37.9 Å². The lowest BCUT2D eigenvalue weighted by molar-refractivity contribution is -0.130. The lowest BCUT2D eigenvalue weighted by Gasteiger charge is -2.21. The second kappa shape index (κ2) is 17.3. The van der Waals surface area contributed by atoms with E-state index in [0.29, 0.717) is 17.2 Å². The number of rotatable bonds is 10. The molecule has 36 heavy (non-hydrogen) atoms. The van der Waals surface area contributed by atoms with Crippen LogP contribution >= 0.6 is 11.8 Å². The number of thioether (sulfide) groups is 1. The number of nitrogens with zero attached hydrogens (tertiary/aromatic N) is 2. The summed E-state index contributed by atoms with van der Waals surface area (Å²) < 4.78 is 4.86. The number of aryl methyl sites for hydroxylation is 1. The topological polar surface area (TPSA) is 112 Å². The molecular weight excluding hydrogens is 478 g/mol. The van der Waals surface area contributed by atoms with E-state index in [4.69, 9.17) is 4.74 Å². The molecule has 9 nitrogen and oxygen atoms in total. The molecule has 0 aromatic heterocycles. The Bertz CT molecular complexity index is 961. The number of carbonyl (C=O) groups is 3. The van der Waals surface area contributed by atoms with Gasteiger partial charge in [-0.2, -0.15) is 0 Å². The summed E-state index contributed by atoms with van der Waals surface area (Å²) in [4.78, 5) is 42.9. The molecule has 10 heteroatoms. The Morgan fingerprint density at radius 2 is 2.03 bits per heavy atom. The Morgan fingerprint density at radius 1 is 1.28 bits per heavy atom. The van der Waals surface area contributed by atoms with Crippen molar-refractivity contribution in [3.63, 3.8) is 0 Å². The maximum Gasteiger partial charge on any atom is 0.293 e. The van der Waals surface area contributed by atoms with Gasteiger partial charge in [-0.15, -0.1) is 11.8 Å². The van der Waals surface area contributed by atoms with E-state index in [1.54, 1.807) is 19.4 Å². The summed E-state index contributed by atoms with van der Waals surface area (Å²) in [7, 11) is 3.69. The second-order valence-electron chi connectivity index (χ2n) is 7.86. The van der Waals surface area contributed by atoms with Crippen molar-refractivity contribution in [1.82, 2.24) is 20.9 Å². The number of ether oxygens (including phenoxy) is 1. The molecule has 0 aliphatic carbocycles. The van der Waals surface area contributed by atoms with Crippen molar-refractivity contribution in [1.29, 1.82) is 0 Å². The molecule has 0 spiro atoms. The molecule has 1 heterocycles. The van der Waals surface area contributed by atoms with Crippen LogP contribution in [0, 0.1) is 6.92 Å². The SMILES string of the molecule is CC.CN/C(=C\c1cccc(C)c1)C(=O)NC[C@@H](COC=O)NC(=O)C(=NC1=CCN(C)CC1)SC. The van der Waals surface area contributed by atoms with Crippen molar-refractivity contribution in [2.75, 3.05) is 46.6 Å². The fourth-order valence-corrected chi connectivity index (χ4v) is 3.68. The molecular formula is C26H39N5O4S. The molecule has 2 rings (SSSR count). The number of nitrogens with one attached hydrogen (secondary N) is 3. The summed E-state index contributed by atoms with van der Waals surface area (Å²) in [5.41, 5.74) is 3.21. The van der Waals surface area contributed by atoms with Gasteiger partial charge in [0, 0.05) is 38.8 Å². The van der Waals surface area contributed by atoms with Gasteiger partial charge in [0.25, 0.3) is 18.3 Å². The highest BCUT2D eigenvalue weighted by Crippen LogP contribution is 2.13. The van der Waals surface area contributed by atoms with Crippen LogP contribution in [0.2, 0.25) is 0 Å². The fraction of sp³-hybridized carbons (Fsp3) is 0.462. The molecule has 198 valence electrons. The molecule has 1 aliphatic heterocycles. The normalized spacial score (nSPS) is 15.0. The third-order valence-corrected chi connectivity index (χ3v) is 5.76. The smallest absolute Gasteiger partial charge is 0.293 e. The quantitative estimate of drug-likeness (QED) is 0.189. The second-order valence-corrected chi connectivity index (χ2v) is 8.66. The van der Waals surface area contributed by atoms with E-state index in [1.165, 1.54) is 11.8 Å². The molecule has 1 aromatic carbocycles. The molecule has 0 saturated carbocycles. The van der Waals surface area contributed by atoms with Gasteiger partial charge >= 0.3 is 0 Å². The van der Waals surface area contributed by atoms with Crippen LogP contribution in [0.5, 0.6) is 0 Å². The minimum absolute atomic E-state index is 0.0698. The maximum absolute atomic E-state index is 12.8. The monoisotopic (exact) mass is 517 g/mol. The fourth-order valence-electron chi connectivity index (χ4n) is 3.22. The summed E-state index contributed by atoms with van der Waals surface area (Å²) in [5.74, 6) is -0.727. The zero-order chi connectivity index (χ0) is 26.9. The lowest BCUT2D eigenvalue weighted by Crippen LogP contribution is -2.48. The molecule has 0 fully saturated rings. The highest BCUT2D eigenvalue weighted by molar-refractivity contribution is 8.15. The van der Waals surface area contributed by atoms with E-state index in [1.807, 2.05) is 58.2 Å². The van der Waals surface area contributed by atoms with Crippen LogP contribution in [-0.2, 0) is 19.1 Å². The molecule has 1 aliphatic rings. The van der Waals surface area contributed by atoms with Gasteiger partial charge in [-0.3, -0.25) is 14.4 Å². The Kier molecular flexibility index (Phi) is 14.9. The molecule has 2 amide bonds. The Labute approximate surface area is 218 Å². The van der Waals surface area contributed by atoms with Crippen LogP contribution in [0.1, 0.15) is 31.4 Å². The van der Waals surface area contributed by atoms with Crippen LogP contribution < -0.4 is 16.0 Å². The zero-order valence-corrected chi connectivity index (χ0v) is 22.9. The standard InChI is InChI=1S/C24H33N5O4S.C2H6/c1-17-6-5-7-18(12-17)13-21(25-2)22(31)26-14-20(15-33-16-30)27-23(32)24(34-4)28-19-8-10-29(3)11-9-19;1-2/h5-8,12-13,16,20,25H,9-11,14-15H2,1-4H3,(H,26,31)(H,27,32);1-2H3/b21-13-,28-24?;/t20-;/m0./s1. The van der Waals surface area contributed by atoms with Crippen LogP contribution in [-0.4, -0.2) is 80.9 Å². The molecule has 1 atom stereocenters. The van der Waals surface area contributed by atoms with Crippen molar-refractivity contribution in [3.05, 3.63) is 52.9 Å². The number of likely N-dealkylation sites (N-methyl/N-ethyl adjacent to an activating group) is 2. The van der Waals surface area contributed by atoms with Crippen LogP contribution in [0.25, 0.3) is 6.08 Å². The van der Waals surface area contributed by atoms with Crippen molar-refractivity contribution in [2.45, 2.75) is 33.2 Å². The summed E-state index contributed by atoms with van der Waals surface area (Å²) in [6, 6.07) is 7.14. The van der Waals surface area contributed by atoms with E-state index in [2.05, 4.69) is 25.8 Å². The molecule has 1 aromatic rings. The Hall–Kier alpha value is -3.11. The number of hydrogen-bond donors (Lipinski definition) is 3. The highest BCUT2D eigenvalue weighted by atomic mass is 32.2. The lowest BCUT2D eigenvalue weighted by atomic mass is 10.1. The van der Waals surface area contributed by atoms with E-state index < -0.39 is 6.04 Å². The van der Waals surface area contributed by atoms with E-state index >= 15 is 0 Å². The molecule has 3 N–H and O–H groups in total. The first-order valence-electron chi connectivity index (χ1n) is 12.0. The zero-order valence-electron chi connectivity index (χ0n) is 22.1. The van der Waals surface area contributed by atoms with Crippen molar-refractivity contribution < 1.29 is 19.1 Å². The van der Waals surface area contributed by atoms with Gasteiger partial charge in [-0.1, -0.05) is 43.7 Å². The summed E-state index contributed by atoms with van der Waals surface area (Å²) in [5, 5.41) is 8.80. The highest BCUT2D eigenvalue weighted by Gasteiger charge is 2.20. The third-order valence-electron chi connectivity index (χ3n) is 5.10.